The molecule has 0 aromatic carbocycles. The first-order valence-corrected chi connectivity index (χ1v) is 5.66. The van der Waals surface area contributed by atoms with Gasteiger partial charge in [0.25, 0.3) is 0 Å². The lowest BCUT2D eigenvalue weighted by Crippen LogP contribution is -2.03. The average Bonchev–Trinajstić information content (AvgIpc) is 2.74. The summed E-state index contributed by atoms with van der Waals surface area (Å²) in [5.74, 6) is -1.03. The number of aromatic carboxylic acids is 1. The van der Waals surface area contributed by atoms with Crippen LogP contribution >= 0.6 is 0 Å². The first kappa shape index (κ1) is 11.3. The van der Waals surface area contributed by atoms with Crippen molar-refractivity contribution in [1.82, 2.24) is 19.6 Å². The molecule has 0 radical (unpaired) electrons. The van der Waals surface area contributed by atoms with Crippen molar-refractivity contribution in [2.75, 3.05) is 0 Å². The Labute approximate surface area is 108 Å². The summed E-state index contributed by atoms with van der Waals surface area (Å²) >= 11 is 0. The van der Waals surface area contributed by atoms with Crippen LogP contribution in [-0.4, -0.2) is 30.7 Å². The Morgan fingerprint density at radius 1 is 1.26 bits per heavy atom. The Hall–Kier alpha value is -2.76. The second-order valence-corrected chi connectivity index (χ2v) is 4.10. The van der Waals surface area contributed by atoms with Crippen LogP contribution in [0.5, 0.6) is 0 Å². The Balaban J connectivity index is 2.37. The van der Waals surface area contributed by atoms with Gasteiger partial charge in [-0.05, 0) is 19.1 Å². The lowest BCUT2D eigenvalue weighted by Gasteiger charge is -2.05. The van der Waals surface area contributed by atoms with E-state index >= 15 is 0 Å². The van der Waals surface area contributed by atoms with Crippen LogP contribution in [0.1, 0.15) is 16.1 Å². The third kappa shape index (κ3) is 1.74. The van der Waals surface area contributed by atoms with Gasteiger partial charge in [0.15, 0.2) is 0 Å². The largest absolute Gasteiger partial charge is 0.478 e. The van der Waals surface area contributed by atoms with Crippen molar-refractivity contribution in [3.63, 3.8) is 0 Å². The molecule has 3 heterocycles. The summed E-state index contributed by atoms with van der Waals surface area (Å²) in [5, 5.41) is 16.6. The van der Waals surface area contributed by atoms with Gasteiger partial charge in [0.05, 0.1) is 29.3 Å². The van der Waals surface area contributed by atoms with E-state index in [0.717, 1.165) is 17.0 Å². The van der Waals surface area contributed by atoms with E-state index in [-0.39, 0.29) is 5.56 Å². The highest BCUT2D eigenvalue weighted by molar-refractivity contribution is 5.95. The van der Waals surface area contributed by atoms with Gasteiger partial charge in [-0.3, -0.25) is 4.40 Å². The molecular weight excluding hydrogens is 244 g/mol. The van der Waals surface area contributed by atoms with Crippen molar-refractivity contribution in [1.29, 1.82) is 0 Å². The summed E-state index contributed by atoms with van der Waals surface area (Å²) in [6.07, 6.45) is 4.54. The molecule has 3 aromatic heterocycles. The van der Waals surface area contributed by atoms with Gasteiger partial charge in [0.2, 0.25) is 0 Å². The van der Waals surface area contributed by atoms with E-state index in [1.807, 2.05) is 35.7 Å². The maximum absolute atomic E-state index is 11.3. The van der Waals surface area contributed by atoms with Crippen molar-refractivity contribution < 1.29 is 9.90 Å². The number of fused-ring (bicyclic) bond motifs is 1. The third-order valence-electron chi connectivity index (χ3n) is 2.92. The number of rotatable bonds is 2. The van der Waals surface area contributed by atoms with Crippen LogP contribution in [0.4, 0.5) is 0 Å². The summed E-state index contributed by atoms with van der Waals surface area (Å²) in [6, 6.07) is 5.62. The van der Waals surface area contributed by atoms with E-state index in [1.165, 1.54) is 12.4 Å². The van der Waals surface area contributed by atoms with E-state index in [0.29, 0.717) is 5.56 Å². The Morgan fingerprint density at radius 3 is 2.84 bits per heavy atom. The van der Waals surface area contributed by atoms with Gasteiger partial charge < -0.3 is 5.11 Å². The Kier molecular flexibility index (Phi) is 2.49. The fourth-order valence-corrected chi connectivity index (χ4v) is 2.12. The van der Waals surface area contributed by atoms with Crippen LogP contribution in [0, 0.1) is 6.92 Å². The lowest BCUT2D eigenvalue weighted by molar-refractivity contribution is 0.0697. The topological polar surface area (TPSA) is 80.4 Å². The van der Waals surface area contributed by atoms with Crippen LogP contribution in [0.15, 0.2) is 36.8 Å². The summed E-state index contributed by atoms with van der Waals surface area (Å²) in [4.78, 5) is 15.7. The summed E-state index contributed by atoms with van der Waals surface area (Å²) < 4.78 is 1.85. The van der Waals surface area contributed by atoms with Gasteiger partial charge in [0.1, 0.15) is 5.65 Å². The van der Waals surface area contributed by atoms with Crippen molar-refractivity contribution in [3.05, 3.63) is 48.0 Å². The minimum Gasteiger partial charge on any atom is -0.478 e. The van der Waals surface area contributed by atoms with Crippen LogP contribution in [0.3, 0.4) is 0 Å². The van der Waals surface area contributed by atoms with E-state index in [1.54, 1.807) is 0 Å². The molecule has 0 aliphatic rings. The maximum Gasteiger partial charge on any atom is 0.338 e. The number of carboxylic acids is 1. The maximum atomic E-state index is 11.3. The zero-order chi connectivity index (χ0) is 13.4. The summed E-state index contributed by atoms with van der Waals surface area (Å²) in [7, 11) is 0. The minimum atomic E-state index is -1.03. The molecule has 6 heteroatoms. The quantitative estimate of drug-likeness (QED) is 0.754. The molecule has 3 rings (SSSR count). The molecule has 0 atom stereocenters. The van der Waals surface area contributed by atoms with Crippen molar-refractivity contribution in [3.8, 4) is 11.3 Å². The van der Waals surface area contributed by atoms with Crippen molar-refractivity contribution >= 4 is 11.6 Å². The van der Waals surface area contributed by atoms with Crippen molar-refractivity contribution in [2.45, 2.75) is 6.92 Å². The standard InChI is InChI=1S/C13H10N4O2/c1-8-12(17-5-3-2-4-11(17)16-8)9-6-14-15-7-10(9)13(18)19/h2-7H,1H3,(H,18,19). The summed E-state index contributed by atoms with van der Waals surface area (Å²) in [6.45, 7) is 1.84. The number of imidazole rings is 1. The average molecular weight is 254 g/mol. The number of aryl methyl sites for hydroxylation is 1. The minimum absolute atomic E-state index is 0.115. The zero-order valence-corrected chi connectivity index (χ0v) is 10.1. The fraction of sp³-hybridized carbons (Fsp3) is 0.0769. The molecule has 3 aromatic rings. The second kappa shape index (κ2) is 4.16. The number of pyridine rings is 1. The highest BCUT2D eigenvalue weighted by atomic mass is 16.4. The van der Waals surface area contributed by atoms with E-state index in [2.05, 4.69) is 15.2 Å². The van der Waals surface area contributed by atoms with Gasteiger partial charge in [-0.15, -0.1) is 0 Å². The van der Waals surface area contributed by atoms with Crippen molar-refractivity contribution in [2.24, 2.45) is 0 Å². The molecule has 1 N–H and O–H groups in total. The number of hydrogen-bond donors (Lipinski definition) is 1. The predicted octanol–water partition coefficient (Wildman–Crippen LogP) is 1.80. The monoisotopic (exact) mass is 254 g/mol. The molecule has 6 nitrogen and oxygen atoms in total. The fourth-order valence-electron chi connectivity index (χ4n) is 2.12. The molecule has 94 valence electrons. The molecule has 0 spiro atoms. The van der Waals surface area contributed by atoms with Gasteiger partial charge in [-0.25, -0.2) is 9.78 Å². The van der Waals surface area contributed by atoms with Gasteiger partial charge in [-0.1, -0.05) is 6.07 Å². The van der Waals surface area contributed by atoms with Gasteiger partial charge in [-0.2, -0.15) is 10.2 Å². The molecule has 19 heavy (non-hydrogen) atoms. The SMILES string of the molecule is Cc1nc2ccccn2c1-c1cnncc1C(=O)O. The second-order valence-electron chi connectivity index (χ2n) is 4.10. The van der Waals surface area contributed by atoms with Crippen LogP contribution in [-0.2, 0) is 0 Å². The molecule has 0 bridgehead atoms. The zero-order valence-electron chi connectivity index (χ0n) is 10.1. The van der Waals surface area contributed by atoms with Crippen LogP contribution in [0.2, 0.25) is 0 Å². The number of nitrogens with zero attached hydrogens (tertiary/aromatic N) is 4. The third-order valence-corrected chi connectivity index (χ3v) is 2.92. The van der Waals surface area contributed by atoms with Crippen LogP contribution in [0.25, 0.3) is 16.9 Å². The number of aromatic nitrogens is 4. The molecule has 0 saturated carbocycles. The lowest BCUT2D eigenvalue weighted by atomic mass is 10.1. The smallest absolute Gasteiger partial charge is 0.338 e. The Morgan fingerprint density at radius 2 is 2.05 bits per heavy atom. The molecule has 0 unspecified atom stereocenters. The first-order valence-electron chi connectivity index (χ1n) is 5.66. The van der Waals surface area contributed by atoms with E-state index in [4.69, 9.17) is 0 Å². The molecule has 0 fully saturated rings. The van der Waals surface area contributed by atoms with Gasteiger partial charge >= 0.3 is 5.97 Å². The molecule has 0 amide bonds. The van der Waals surface area contributed by atoms with E-state index in [9.17, 15) is 9.90 Å². The van der Waals surface area contributed by atoms with Gasteiger partial charge in [0, 0.05) is 11.8 Å². The van der Waals surface area contributed by atoms with E-state index < -0.39 is 5.97 Å². The molecule has 0 aliphatic heterocycles. The summed E-state index contributed by atoms with van der Waals surface area (Å²) in [5.41, 5.74) is 2.87. The molecule has 0 saturated heterocycles. The number of hydrogen-bond acceptors (Lipinski definition) is 4. The highest BCUT2D eigenvalue weighted by Gasteiger charge is 2.18. The Bertz CT molecular complexity index is 779. The number of carboxylic acid groups (broad SMARTS) is 1. The predicted molar refractivity (Wildman–Crippen MR) is 67.9 cm³/mol. The van der Waals surface area contributed by atoms with Crippen LogP contribution < -0.4 is 0 Å². The number of carbonyl (C=O) groups is 1. The first-order chi connectivity index (χ1) is 9.18. The molecule has 0 aliphatic carbocycles. The molecular formula is C13H10N4O2. The normalized spacial score (nSPS) is 10.8. The highest BCUT2D eigenvalue weighted by Crippen LogP contribution is 2.26.